The van der Waals surface area contributed by atoms with Crippen molar-refractivity contribution in [2.45, 2.75) is 25.4 Å². The predicted molar refractivity (Wildman–Crippen MR) is 104 cm³/mol. The van der Waals surface area contributed by atoms with Gasteiger partial charge in [0.05, 0.1) is 24.5 Å². The number of thioether (sulfide) groups is 1. The van der Waals surface area contributed by atoms with Crippen LogP contribution < -0.4 is 10.2 Å². The van der Waals surface area contributed by atoms with Gasteiger partial charge in [-0.15, -0.1) is 11.8 Å². The van der Waals surface area contributed by atoms with E-state index < -0.39 is 0 Å². The lowest BCUT2D eigenvalue weighted by Gasteiger charge is -2.27. The van der Waals surface area contributed by atoms with E-state index in [1.165, 1.54) is 23.9 Å². The van der Waals surface area contributed by atoms with Gasteiger partial charge in [-0.1, -0.05) is 19.1 Å². The van der Waals surface area contributed by atoms with Crippen molar-refractivity contribution in [3.8, 4) is 0 Å². The molecule has 2 aromatic rings. The molecule has 3 rings (SSSR count). The fraction of sp³-hybridized carbons (Fsp3) is 0.421. The van der Waals surface area contributed by atoms with Gasteiger partial charge in [0, 0.05) is 19.6 Å². The summed E-state index contributed by atoms with van der Waals surface area (Å²) in [4.78, 5) is 24.0. The highest BCUT2D eigenvalue weighted by atomic mass is 32.2. The molecule has 1 aliphatic heterocycles. The fourth-order valence-electron chi connectivity index (χ4n) is 2.86. The molecule has 8 heteroatoms. The second kappa shape index (κ2) is 9.14. The normalized spacial score (nSPS) is 14.3. The number of ether oxygens (including phenoxy) is 1. The number of halogens is 1. The first-order chi connectivity index (χ1) is 13.1. The molecule has 1 N–H and O–H groups in total. The number of nitrogens with one attached hydrogen (secondary N) is 1. The van der Waals surface area contributed by atoms with Crippen LogP contribution in [0.3, 0.4) is 0 Å². The van der Waals surface area contributed by atoms with Crippen LogP contribution in [0.4, 0.5) is 10.3 Å². The van der Waals surface area contributed by atoms with Crippen LogP contribution >= 0.6 is 11.8 Å². The molecule has 0 saturated carbocycles. The fourth-order valence-corrected chi connectivity index (χ4v) is 3.66. The summed E-state index contributed by atoms with van der Waals surface area (Å²) in [5.74, 6) is 0.858. The van der Waals surface area contributed by atoms with Crippen molar-refractivity contribution >= 4 is 23.6 Å². The number of hydrogen-bond acceptors (Lipinski definition) is 6. The summed E-state index contributed by atoms with van der Waals surface area (Å²) < 4.78 is 18.7. The number of carbonyl (C=O) groups is 1. The zero-order chi connectivity index (χ0) is 19.2. The van der Waals surface area contributed by atoms with Gasteiger partial charge < -0.3 is 15.0 Å². The average molecular weight is 390 g/mol. The Kier molecular flexibility index (Phi) is 6.63. The minimum Gasteiger partial charge on any atom is -0.378 e. The van der Waals surface area contributed by atoms with E-state index in [2.05, 4.69) is 20.2 Å². The lowest BCUT2D eigenvalue weighted by molar-refractivity contribution is 0.0945. The number of rotatable bonds is 6. The van der Waals surface area contributed by atoms with E-state index in [1.807, 2.05) is 13.8 Å². The average Bonchev–Trinajstić information content (AvgIpc) is 2.67. The highest BCUT2D eigenvalue weighted by molar-refractivity contribution is 7.99. The molecule has 0 unspecified atom stereocenters. The second-order valence-corrected chi connectivity index (χ2v) is 7.39. The van der Waals surface area contributed by atoms with Crippen molar-refractivity contribution < 1.29 is 13.9 Å². The summed E-state index contributed by atoms with van der Waals surface area (Å²) in [5, 5.41) is 3.52. The molecule has 144 valence electrons. The van der Waals surface area contributed by atoms with Crippen LogP contribution in [0.25, 0.3) is 0 Å². The van der Waals surface area contributed by atoms with Crippen molar-refractivity contribution in [3.05, 3.63) is 46.9 Å². The van der Waals surface area contributed by atoms with Gasteiger partial charge in [-0.25, -0.2) is 14.4 Å². The SMILES string of the molecule is CCSc1nc(N2CCOCC2)nc(C)c1C(=O)NCc1cccc(F)c1. The highest BCUT2D eigenvalue weighted by Gasteiger charge is 2.22. The van der Waals surface area contributed by atoms with E-state index in [-0.39, 0.29) is 18.3 Å². The third-order valence-corrected chi connectivity index (χ3v) is 5.05. The number of nitrogens with zero attached hydrogens (tertiary/aromatic N) is 3. The van der Waals surface area contributed by atoms with Gasteiger partial charge in [0.15, 0.2) is 0 Å². The molecule has 0 radical (unpaired) electrons. The van der Waals surface area contributed by atoms with Crippen molar-refractivity contribution in [1.82, 2.24) is 15.3 Å². The smallest absolute Gasteiger partial charge is 0.256 e. The first-order valence-electron chi connectivity index (χ1n) is 8.95. The molecule has 2 heterocycles. The maximum absolute atomic E-state index is 13.3. The van der Waals surface area contributed by atoms with E-state index in [0.29, 0.717) is 41.0 Å². The second-order valence-electron chi connectivity index (χ2n) is 6.13. The minimum absolute atomic E-state index is 0.248. The third-order valence-electron chi connectivity index (χ3n) is 4.19. The molecule has 0 spiro atoms. The van der Waals surface area contributed by atoms with E-state index in [1.54, 1.807) is 12.1 Å². The Morgan fingerprint density at radius 2 is 2.11 bits per heavy atom. The summed E-state index contributed by atoms with van der Waals surface area (Å²) >= 11 is 1.52. The lowest BCUT2D eigenvalue weighted by atomic mass is 10.2. The van der Waals surface area contributed by atoms with Crippen LogP contribution in [-0.4, -0.2) is 47.9 Å². The number of carbonyl (C=O) groups excluding carboxylic acids is 1. The van der Waals surface area contributed by atoms with E-state index >= 15 is 0 Å². The van der Waals surface area contributed by atoms with Crippen LogP contribution in [0, 0.1) is 12.7 Å². The zero-order valence-electron chi connectivity index (χ0n) is 15.5. The van der Waals surface area contributed by atoms with Crippen LogP contribution in [0.1, 0.15) is 28.5 Å². The molecular weight excluding hydrogens is 367 g/mol. The zero-order valence-corrected chi connectivity index (χ0v) is 16.3. The quantitative estimate of drug-likeness (QED) is 0.604. The van der Waals surface area contributed by atoms with Gasteiger partial charge in [0.1, 0.15) is 10.8 Å². The number of amides is 1. The summed E-state index contributed by atoms with van der Waals surface area (Å²) in [6, 6.07) is 6.19. The number of hydrogen-bond donors (Lipinski definition) is 1. The van der Waals surface area contributed by atoms with Crippen LogP contribution in [-0.2, 0) is 11.3 Å². The third kappa shape index (κ3) is 4.95. The molecule has 1 aliphatic rings. The highest BCUT2D eigenvalue weighted by Crippen LogP contribution is 2.25. The van der Waals surface area contributed by atoms with Crippen molar-refractivity contribution in [3.63, 3.8) is 0 Å². The molecular formula is C19H23FN4O2S. The minimum atomic E-state index is -0.321. The molecule has 1 aromatic heterocycles. The summed E-state index contributed by atoms with van der Waals surface area (Å²) in [6.07, 6.45) is 0. The van der Waals surface area contributed by atoms with Crippen LogP contribution in [0.2, 0.25) is 0 Å². The molecule has 0 aliphatic carbocycles. The van der Waals surface area contributed by atoms with E-state index in [9.17, 15) is 9.18 Å². The summed E-state index contributed by atoms with van der Waals surface area (Å²) in [7, 11) is 0. The van der Waals surface area contributed by atoms with E-state index in [0.717, 1.165) is 18.8 Å². The van der Waals surface area contributed by atoms with Crippen molar-refractivity contribution in [2.24, 2.45) is 0 Å². The molecule has 0 atom stereocenters. The monoisotopic (exact) mass is 390 g/mol. The van der Waals surface area contributed by atoms with Crippen LogP contribution in [0.5, 0.6) is 0 Å². The Hall–Kier alpha value is -2.19. The number of aromatic nitrogens is 2. The number of morpholine rings is 1. The van der Waals surface area contributed by atoms with Gasteiger partial charge in [0.25, 0.3) is 5.91 Å². The maximum Gasteiger partial charge on any atom is 0.256 e. The van der Waals surface area contributed by atoms with Gasteiger partial charge in [-0.3, -0.25) is 4.79 Å². The molecule has 1 saturated heterocycles. The predicted octanol–water partition coefficient (Wildman–Crippen LogP) is 2.80. The topological polar surface area (TPSA) is 67.3 Å². The Labute approximate surface area is 162 Å². The van der Waals surface area contributed by atoms with Gasteiger partial charge in [0.2, 0.25) is 5.95 Å². The Balaban J connectivity index is 1.81. The summed E-state index contributed by atoms with van der Waals surface area (Å²) in [6.45, 7) is 6.86. The molecule has 1 aromatic carbocycles. The molecule has 1 fully saturated rings. The standard InChI is InChI=1S/C19H23FN4O2S/c1-3-27-18-16(17(25)21-12-14-5-4-6-15(20)11-14)13(2)22-19(23-18)24-7-9-26-10-8-24/h4-6,11H,3,7-10,12H2,1-2H3,(H,21,25). The van der Waals surface area contributed by atoms with Gasteiger partial charge in [-0.05, 0) is 30.4 Å². The summed E-state index contributed by atoms with van der Waals surface area (Å²) in [5.41, 5.74) is 1.82. The molecule has 1 amide bonds. The number of benzene rings is 1. The van der Waals surface area contributed by atoms with Crippen molar-refractivity contribution in [2.75, 3.05) is 37.0 Å². The van der Waals surface area contributed by atoms with Crippen molar-refractivity contribution in [1.29, 1.82) is 0 Å². The van der Waals surface area contributed by atoms with Gasteiger partial charge in [-0.2, -0.15) is 0 Å². The Bertz CT molecular complexity index is 812. The number of anilines is 1. The molecule has 27 heavy (non-hydrogen) atoms. The van der Waals surface area contributed by atoms with Gasteiger partial charge >= 0.3 is 0 Å². The first-order valence-corrected chi connectivity index (χ1v) is 9.93. The Morgan fingerprint density at radius 1 is 1.33 bits per heavy atom. The largest absolute Gasteiger partial charge is 0.378 e. The number of aryl methyl sites for hydroxylation is 1. The van der Waals surface area contributed by atoms with E-state index in [4.69, 9.17) is 4.74 Å². The lowest BCUT2D eigenvalue weighted by Crippen LogP contribution is -2.38. The molecule has 0 bridgehead atoms. The Morgan fingerprint density at radius 3 is 2.81 bits per heavy atom. The first kappa shape index (κ1) is 19.6. The molecule has 6 nitrogen and oxygen atoms in total. The maximum atomic E-state index is 13.3. The van der Waals surface area contributed by atoms with Crippen LogP contribution in [0.15, 0.2) is 29.3 Å².